The molecule has 0 radical (unpaired) electrons. The van der Waals surface area contributed by atoms with Crippen LogP contribution >= 0.6 is 0 Å². The molecule has 2 rings (SSSR count). The Morgan fingerprint density at radius 3 is 2.89 bits per heavy atom. The summed E-state index contributed by atoms with van der Waals surface area (Å²) in [6, 6.07) is 4.02. The van der Waals surface area contributed by atoms with Crippen molar-refractivity contribution in [3.8, 4) is 0 Å². The SMILES string of the molecule is CCc1occc1C(=O)Cc1ccn(C(C)CC)n1. The van der Waals surface area contributed by atoms with Crippen LogP contribution in [0.25, 0.3) is 0 Å². The molecular weight excluding hydrogens is 240 g/mol. The van der Waals surface area contributed by atoms with E-state index in [1.165, 1.54) is 0 Å². The summed E-state index contributed by atoms with van der Waals surface area (Å²) in [4.78, 5) is 12.2. The van der Waals surface area contributed by atoms with Crippen LogP contribution in [-0.4, -0.2) is 15.6 Å². The van der Waals surface area contributed by atoms with Crippen LogP contribution in [-0.2, 0) is 12.8 Å². The average Bonchev–Trinajstić information content (AvgIpc) is 3.05. The zero-order valence-electron chi connectivity index (χ0n) is 11.7. The highest BCUT2D eigenvalue weighted by Gasteiger charge is 2.15. The molecule has 0 aliphatic heterocycles. The summed E-state index contributed by atoms with van der Waals surface area (Å²) in [6.07, 6.45) is 5.60. The fourth-order valence-corrected chi connectivity index (χ4v) is 2.03. The second kappa shape index (κ2) is 5.87. The number of ketones is 1. The third-order valence-electron chi connectivity index (χ3n) is 3.41. The molecule has 2 heterocycles. The maximum absolute atomic E-state index is 12.2. The number of hydrogen-bond donors (Lipinski definition) is 0. The van der Waals surface area contributed by atoms with Gasteiger partial charge in [0.15, 0.2) is 5.78 Å². The first-order valence-electron chi connectivity index (χ1n) is 6.79. The van der Waals surface area contributed by atoms with Crippen molar-refractivity contribution in [3.05, 3.63) is 41.6 Å². The molecule has 0 aliphatic carbocycles. The largest absolute Gasteiger partial charge is 0.469 e. The summed E-state index contributed by atoms with van der Waals surface area (Å²) in [5, 5.41) is 4.45. The summed E-state index contributed by atoms with van der Waals surface area (Å²) >= 11 is 0. The van der Waals surface area contributed by atoms with Crippen LogP contribution in [0.4, 0.5) is 0 Å². The second-order valence-corrected chi connectivity index (χ2v) is 4.76. The number of hydrogen-bond acceptors (Lipinski definition) is 3. The van der Waals surface area contributed by atoms with Crippen LogP contribution < -0.4 is 0 Å². The molecule has 0 fully saturated rings. The molecule has 0 N–H and O–H groups in total. The van der Waals surface area contributed by atoms with Gasteiger partial charge in [-0.3, -0.25) is 9.48 Å². The normalized spacial score (nSPS) is 12.6. The molecule has 0 bridgehead atoms. The predicted octanol–water partition coefficient (Wildman–Crippen LogP) is 3.43. The van der Waals surface area contributed by atoms with Crippen molar-refractivity contribution in [1.29, 1.82) is 0 Å². The van der Waals surface area contributed by atoms with E-state index in [-0.39, 0.29) is 5.78 Å². The number of carbonyl (C=O) groups excluding carboxylic acids is 1. The summed E-state index contributed by atoms with van der Waals surface area (Å²) in [6.45, 7) is 6.22. The highest BCUT2D eigenvalue weighted by atomic mass is 16.3. The molecule has 0 saturated heterocycles. The van der Waals surface area contributed by atoms with Crippen molar-refractivity contribution in [3.63, 3.8) is 0 Å². The fourth-order valence-electron chi connectivity index (χ4n) is 2.03. The molecule has 4 nitrogen and oxygen atoms in total. The second-order valence-electron chi connectivity index (χ2n) is 4.76. The van der Waals surface area contributed by atoms with E-state index < -0.39 is 0 Å². The Kier molecular flexibility index (Phi) is 4.20. The van der Waals surface area contributed by atoms with E-state index in [1.807, 2.05) is 23.9 Å². The monoisotopic (exact) mass is 260 g/mol. The Balaban J connectivity index is 2.09. The molecule has 1 atom stereocenters. The molecule has 1 unspecified atom stereocenters. The molecule has 0 aliphatic rings. The van der Waals surface area contributed by atoms with Crippen LogP contribution in [0.15, 0.2) is 29.0 Å². The molecular formula is C15H20N2O2. The molecule has 0 amide bonds. The van der Waals surface area contributed by atoms with Gasteiger partial charge in [0, 0.05) is 18.7 Å². The van der Waals surface area contributed by atoms with Gasteiger partial charge >= 0.3 is 0 Å². The van der Waals surface area contributed by atoms with Crippen molar-refractivity contribution in [1.82, 2.24) is 9.78 Å². The lowest BCUT2D eigenvalue weighted by atomic mass is 10.1. The first kappa shape index (κ1) is 13.6. The van der Waals surface area contributed by atoms with E-state index in [1.54, 1.807) is 12.3 Å². The van der Waals surface area contributed by atoms with E-state index in [0.29, 0.717) is 18.0 Å². The molecule has 19 heavy (non-hydrogen) atoms. The highest BCUT2D eigenvalue weighted by Crippen LogP contribution is 2.15. The topological polar surface area (TPSA) is 48.0 Å². The smallest absolute Gasteiger partial charge is 0.172 e. The van der Waals surface area contributed by atoms with E-state index in [2.05, 4.69) is 18.9 Å². The summed E-state index contributed by atoms with van der Waals surface area (Å²) < 4.78 is 7.20. The van der Waals surface area contributed by atoms with E-state index in [9.17, 15) is 4.79 Å². The number of furan rings is 1. The van der Waals surface area contributed by atoms with Crippen LogP contribution in [0.5, 0.6) is 0 Å². The third-order valence-corrected chi connectivity index (χ3v) is 3.41. The Hall–Kier alpha value is -1.84. The van der Waals surface area contributed by atoms with E-state index in [0.717, 1.165) is 24.3 Å². The number of nitrogens with zero attached hydrogens (tertiary/aromatic N) is 2. The zero-order valence-corrected chi connectivity index (χ0v) is 11.7. The van der Waals surface area contributed by atoms with E-state index >= 15 is 0 Å². The molecule has 2 aromatic rings. The Morgan fingerprint density at radius 1 is 1.42 bits per heavy atom. The first-order chi connectivity index (χ1) is 9.15. The first-order valence-corrected chi connectivity index (χ1v) is 6.79. The van der Waals surface area contributed by atoms with Gasteiger partial charge in [-0.1, -0.05) is 13.8 Å². The van der Waals surface area contributed by atoms with Crippen molar-refractivity contribution in [2.75, 3.05) is 0 Å². The Labute approximate surface area is 113 Å². The number of carbonyl (C=O) groups is 1. The van der Waals surface area contributed by atoms with Gasteiger partial charge in [0.2, 0.25) is 0 Å². The van der Waals surface area contributed by atoms with Gasteiger partial charge in [-0.15, -0.1) is 0 Å². The van der Waals surface area contributed by atoms with Gasteiger partial charge in [0.05, 0.1) is 23.9 Å². The lowest BCUT2D eigenvalue weighted by Gasteiger charge is -2.07. The molecule has 0 aromatic carbocycles. The predicted molar refractivity (Wildman–Crippen MR) is 73.3 cm³/mol. The minimum Gasteiger partial charge on any atom is -0.469 e. The summed E-state index contributed by atoms with van der Waals surface area (Å²) in [5.74, 6) is 0.825. The fraction of sp³-hybridized carbons (Fsp3) is 0.467. The number of aromatic nitrogens is 2. The minimum atomic E-state index is 0.0694. The lowest BCUT2D eigenvalue weighted by molar-refractivity contribution is 0.0990. The van der Waals surface area contributed by atoms with Gasteiger partial charge in [0.25, 0.3) is 0 Å². The maximum Gasteiger partial charge on any atom is 0.172 e. The van der Waals surface area contributed by atoms with Gasteiger partial charge in [-0.2, -0.15) is 5.10 Å². The minimum absolute atomic E-state index is 0.0694. The molecule has 0 spiro atoms. The number of rotatable bonds is 6. The number of aryl methyl sites for hydroxylation is 1. The van der Waals surface area contributed by atoms with Crippen molar-refractivity contribution in [2.24, 2.45) is 0 Å². The molecule has 0 saturated carbocycles. The number of Topliss-reactive ketones (excluding diaryl/α,β-unsaturated/α-hetero) is 1. The van der Waals surface area contributed by atoms with Gasteiger partial charge in [-0.05, 0) is 25.5 Å². The van der Waals surface area contributed by atoms with Crippen molar-refractivity contribution in [2.45, 2.75) is 46.1 Å². The Bertz CT molecular complexity index is 554. The third kappa shape index (κ3) is 2.95. The quantitative estimate of drug-likeness (QED) is 0.747. The molecule has 2 aromatic heterocycles. The molecule has 102 valence electrons. The van der Waals surface area contributed by atoms with Gasteiger partial charge < -0.3 is 4.42 Å². The lowest BCUT2D eigenvalue weighted by Crippen LogP contribution is -2.08. The van der Waals surface area contributed by atoms with E-state index in [4.69, 9.17) is 4.42 Å². The zero-order chi connectivity index (χ0) is 13.8. The highest BCUT2D eigenvalue weighted by molar-refractivity contribution is 5.98. The van der Waals surface area contributed by atoms with Crippen LogP contribution in [0.3, 0.4) is 0 Å². The molecule has 4 heteroatoms. The van der Waals surface area contributed by atoms with Crippen LogP contribution in [0.1, 0.15) is 55.0 Å². The average molecular weight is 260 g/mol. The maximum atomic E-state index is 12.2. The van der Waals surface area contributed by atoms with Gasteiger partial charge in [-0.25, -0.2) is 0 Å². The summed E-state index contributed by atoms with van der Waals surface area (Å²) in [5.41, 5.74) is 1.49. The van der Waals surface area contributed by atoms with Crippen LogP contribution in [0, 0.1) is 0 Å². The van der Waals surface area contributed by atoms with Crippen molar-refractivity contribution >= 4 is 5.78 Å². The standard InChI is InChI=1S/C15H20N2O2/c1-4-11(3)17-8-6-12(16-17)10-14(18)13-7-9-19-15(13)5-2/h6-9,11H,4-5,10H2,1-3H3. The van der Waals surface area contributed by atoms with Crippen LogP contribution in [0.2, 0.25) is 0 Å². The Morgan fingerprint density at radius 2 is 2.21 bits per heavy atom. The summed E-state index contributed by atoms with van der Waals surface area (Å²) in [7, 11) is 0. The van der Waals surface area contributed by atoms with Gasteiger partial charge in [0.1, 0.15) is 5.76 Å². The van der Waals surface area contributed by atoms with Crippen molar-refractivity contribution < 1.29 is 9.21 Å².